The Morgan fingerprint density at radius 1 is 1.22 bits per heavy atom. The fourth-order valence-electron chi connectivity index (χ4n) is 3.18. The fourth-order valence-corrected chi connectivity index (χ4v) is 5.29. The van der Waals surface area contributed by atoms with E-state index in [2.05, 4.69) is 37.6 Å². The summed E-state index contributed by atoms with van der Waals surface area (Å²) in [7, 11) is -3.23. The highest BCUT2D eigenvalue weighted by Crippen LogP contribution is 2.13. The van der Waals surface area contributed by atoms with Gasteiger partial charge in [0, 0.05) is 57.2 Å². The maximum atomic E-state index is 12.3. The molecular weight excluding hydrogens is 382 g/mol. The zero-order chi connectivity index (χ0) is 19.7. The second-order valence-corrected chi connectivity index (χ2v) is 9.60. The lowest BCUT2D eigenvalue weighted by atomic mass is 10.3. The van der Waals surface area contributed by atoms with Gasteiger partial charge >= 0.3 is 0 Å². The Labute approximate surface area is 168 Å². The molecule has 0 spiro atoms. The molecular formula is C18H33N5O2S2. The molecule has 1 aromatic rings. The summed E-state index contributed by atoms with van der Waals surface area (Å²) in [5.74, 6) is 0.880. The average Bonchev–Trinajstić information content (AvgIpc) is 3.15. The van der Waals surface area contributed by atoms with E-state index < -0.39 is 10.0 Å². The summed E-state index contributed by atoms with van der Waals surface area (Å²) in [5.41, 5.74) is 0. The molecule has 0 unspecified atom stereocenters. The molecule has 0 saturated carbocycles. The number of nitrogens with one attached hydrogen (secondary N) is 1. The molecule has 0 bridgehead atoms. The van der Waals surface area contributed by atoms with Crippen LogP contribution in [0.3, 0.4) is 0 Å². The minimum Gasteiger partial charge on any atom is -0.357 e. The molecule has 2 rings (SSSR count). The first-order valence-electron chi connectivity index (χ1n) is 9.76. The zero-order valence-corrected chi connectivity index (χ0v) is 18.4. The van der Waals surface area contributed by atoms with E-state index in [-0.39, 0.29) is 12.3 Å². The smallest absolute Gasteiger partial charge is 0.215 e. The van der Waals surface area contributed by atoms with Crippen LogP contribution in [0.15, 0.2) is 22.5 Å². The van der Waals surface area contributed by atoms with Gasteiger partial charge in [-0.1, -0.05) is 19.9 Å². The number of hydrogen-bond donors (Lipinski definition) is 1. The molecule has 9 heteroatoms. The first kappa shape index (κ1) is 22.1. The Hall–Kier alpha value is -1.16. The lowest BCUT2D eigenvalue weighted by molar-refractivity contribution is 0.174. The van der Waals surface area contributed by atoms with E-state index in [1.807, 2.05) is 20.8 Å². The number of rotatable bonds is 9. The summed E-state index contributed by atoms with van der Waals surface area (Å²) in [6.07, 6.45) is 0. The predicted octanol–water partition coefficient (Wildman–Crippen LogP) is 1.50. The van der Waals surface area contributed by atoms with Crippen molar-refractivity contribution < 1.29 is 8.42 Å². The van der Waals surface area contributed by atoms with E-state index in [0.29, 0.717) is 13.1 Å². The van der Waals surface area contributed by atoms with E-state index >= 15 is 0 Å². The van der Waals surface area contributed by atoms with Gasteiger partial charge in [0.25, 0.3) is 0 Å². The summed E-state index contributed by atoms with van der Waals surface area (Å²) >= 11 is 1.80. The van der Waals surface area contributed by atoms with Gasteiger partial charge < -0.3 is 10.2 Å². The largest absolute Gasteiger partial charge is 0.357 e. The number of piperazine rings is 1. The summed E-state index contributed by atoms with van der Waals surface area (Å²) < 4.78 is 26.1. The quantitative estimate of drug-likeness (QED) is 0.489. The molecule has 27 heavy (non-hydrogen) atoms. The lowest BCUT2D eigenvalue weighted by Crippen LogP contribution is -2.52. The van der Waals surface area contributed by atoms with E-state index in [1.165, 1.54) is 9.18 Å². The SMILES string of the molecule is CCNC(=NCCS(=O)(=O)N(CC)CC)N1CCN(Cc2cccs2)CC1. The summed E-state index contributed by atoms with van der Waals surface area (Å²) in [6.45, 7) is 12.6. The minimum atomic E-state index is -3.23. The molecule has 1 N–H and O–H groups in total. The highest BCUT2D eigenvalue weighted by molar-refractivity contribution is 7.89. The highest BCUT2D eigenvalue weighted by Gasteiger charge is 2.21. The predicted molar refractivity (Wildman–Crippen MR) is 114 cm³/mol. The Kier molecular flexibility index (Phi) is 9.01. The number of hydrogen-bond acceptors (Lipinski definition) is 5. The summed E-state index contributed by atoms with van der Waals surface area (Å²) in [4.78, 5) is 10.7. The van der Waals surface area contributed by atoms with Gasteiger partial charge in [0.2, 0.25) is 10.0 Å². The van der Waals surface area contributed by atoms with Crippen LogP contribution < -0.4 is 5.32 Å². The monoisotopic (exact) mass is 415 g/mol. The van der Waals surface area contributed by atoms with Crippen LogP contribution >= 0.6 is 11.3 Å². The van der Waals surface area contributed by atoms with Gasteiger partial charge in [0.05, 0.1) is 12.3 Å². The molecule has 2 heterocycles. The summed E-state index contributed by atoms with van der Waals surface area (Å²) in [5, 5.41) is 5.43. The number of aliphatic imine (C=N–C) groups is 1. The van der Waals surface area contributed by atoms with E-state index in [9.17, 15) is 8.42 Å². The number of nitrogens with zero attached hydrogens (tertiary/aromatic N) is 4. The fraction of sp³-hybridized carbons (Fsp3) is 0.722. The van der Waals surface area contributed by atoms with Crippen molar-refractivity contribution in [3.8, 4) is 0 Å². The lowest BCUT2D eigenvalue weighted by Gasteiger charge is -2.36. The maximum absolute atomic E-state index is 12.3. The van der Waals surface area contributed by atoms with Gasteiger partial charge in [-0.15, -0.1) is 11.3 Å². The van der Waals surface area contributed by atoms with Crippen LogP contribution in [-0.2, 0) is 16.6 Å². The van der Waals surface area contributed by atoms with Gasteiger partial charge in [-0.05, 0) is 18.4 Å². The third-order valence-electron chi connectivity index (χ3n) is 4.68. The van der Waals surface area contributed by atoms with Crippen molar-refractivity contribution in [1.29, 1.82) is 0 Å². The standard InChI is InChI=1S/C18H33N5O2S2/c1-4-19-18(20-9-15-27(24,25)23(5-2)6-3)22-12-10-21(11-13-22)16-17-8-7-14-26-17/h7-8,14H,4-6,9-13,15-16H2,1-3H3,(H,19,20). The molecule has 1 aromatic heterocycles. The normalized spacial score (nSPS) is 16.9. The van der Waals surface area contributed by atoms with Crippen LogP contribution in [0.4, 0.5) is 0 Å². The van der Waals surface area contributed by atoms with Crippen molar-refractivity contribution in [3.63, 3.8) is 0 Å². The second-order valence-electron chi connectivity index (χ2n) is 6.48. The molecule has 1 fully saturated rings. The van der Waals surface area contributed by atoms with E-state index in [1.54, 1.807) is 11.3 Å². The molecule has 1 aliphatic heterocycles. The molecule has 1 saturated heterocycles. The van der Waals surface area contributed by atoms with Crippen LogP contribution in [0.5, 0.6) is 0 Å². The molecule has 0 atom stereocenters. The molecule has 7 nitrogen and oxygen atoms in total. The Bertz CT molecular complexity index is 664. The zero-order valence-electron chi connectivity index (χ0n) is 16.7. The molecule has 154 valence electrons. The topological polar surface area (TPSA) is 68.2 Å². The van der Waals surface area contributed by atoms with Crippen molar-refractivity contribution in [1.82, 2.24) is 19.4 Å². The van der Waals surface area contributed by atoms with Crippen LogP contribution in [0, 0.1) is 0 Å². The molecule has 0 aliphatic carbocycles. The van der Waals surface area contributed by atoms with Crippen LogP contribution in [0.2, 0.25) is 0 Å². The van der Waals surface area contributed by atoms with Gasteiger partial charge in [0.1, 0.15) is 0 Å². The first-order valence-corrected chi connectivity index (χ1v) is 12.2. The van der Waals surface area contributed by atoms with E-state index in [4.69, 9.17) is 0 Å². The van der Waals surface area contributed by atoms with E-state index in [0.717, 1.165) is 45.2 Å². The van der Waals surface area contributed by atoms with Crippen LogP contribution in [0.25, 0.3) is 0 Å². The third kappa shape index (κ3) is 6.74. The Morgan fingerprint density at radius 3 is 2.48 bits per heavy atom. The van der Waals surface area contributed by atoms with Crippen molar-refractivity contribution in [2.75, 3.05) is 58.1 Å². The number of guanidine groups is 1. The van der Waals surface area contributed by atoms with Gasteiger partial charge in [0.15, 0.2) is 5.96 Å². The Morgan fingerprint density at radius 2 is 1.93 bits per heavy atom. The van der Waals surface area contributed by atoms with Gasteiger partial charge in [-0.3, -0.25) is 9.89 Å². The van der Waals surface area contributed by atoms with Gasteiger partial charge in [-0.25, -0.2) is 12.7 Å². The molecule has 1 aliphatic rings. The van der Waals surface area contributed by atoms with Crippen molar-refractivity contribution in [3.05, 3.63) is 22.4 Å². The van der Waals surface area contributed by atoms with Crippen molar-refractivity contribution in [2.45, 2.75) is 27.3 Å². The molecule has 0 radical (unpaired) electrons. The van der Waals surface area contributed by atoms with Gasteiger partial charge in [-0.2, -0.15) is 0 Å². The maximum Gasteiger partial charge on any atom is 0.215 e. The van der Waals surface area contributed by atoms with Crippen molar-refractivity contribution in [2.24, 2.45) is 4.99 Å². The number of sulfonamides is 1. The third-order valence-corrected chi connectivity index (χ3v) is 7.54. The summed E-state index contributed by atoms with van der Waals surface area (Å²) in [6, 6.07) is 4.28. The van der Waals surface area contributed by atoms with Crippen LogP contribution in [-0.4, -0.2) is 86.6 Å². The Balaban J connectivity index is 1.88. The first-order chi connectivity index (χ1) is 13.0. The molecule has 0 amide bonds. The highest BCUT2D eigenvalue weighted by atomic mass is 32.2. The second kappa shape index (κ2) is 11.0. The van der Waals surface area contributed by atoms with Crippen LogP contribution in [0.1, 0.15) is 25.6 Å². The minimum absolute atomic E-state index is 0.0575. The molecule has 0 aromatic carbocycles. The average molecular weight is 416 g/mol. The van der Waals surface area contributed by atoms with Crippen molar-refractivity contribution >= 4 is 27.3 Å². The number of thiophene rings is 1.